The maximum atomic E-state index is 11.5. The van der Waals surface area contributed by atoms with Gasteiger partial charge in [-0.25, -0.2) is 4.98 Å². The van der Waals surface area contributed by atoms with Gasteiger partial charge in [0.2, 0.25) is 11.8 Å². The zero-order chi connectivity index (χ0) is 16.9. The summed E-state index contributed by atoms with van der Waals surface area (Å²) in [6, 6.07) is 5.89. The summed E-state index contributed by atoms with van der Waals surface area (Å²) in [5.74, 6) is 0.978. The average Bonchev–Trinajstić information content (AvgIpc) is 3.05. The molecule has 0 radical (unpaired) electrons. The van der Waals surface area contributed by atoms with Crippen molar-refractivity contribution in [2.75, 3.05) is 26.8 Å². The Hall–Kier alpha value is -1.66. The van der Waals surface area contributed by atoms with Crippen LogP contribution in [0.5, 0.6) is 5.88 Å². The molecule has 132 valence electrons. The standard InChI is InChI=1S/C18H27N3O3/c1-23-17-4-2-3-14(20-17)12-21-8-5-13(6-9-21)11-16-15(18(19)22)7-10-24-16/h2-4,13,15-16H,5-12H2,1H3,(H2,19,22)/t15-,16-/m1/s1. The molecule has 1 aromatic heterocycles. The number of rotatable bonds is 6. The van der Waals surface area contributed by atoms with Crippen LogP contribution in [0.3, 0.4) is 0 Å². The van der Waals surface area contributed by atoms with E-state index < -0.39 is 0 Å². The minimum Gasteiger partial charge on any atom is -0.481 e. The van der Waals surface area contributed by atoms with E-state index in [1.165, 1.54) is 0 Å². The molecule has 2 atom stereocenters. The van der Waals surface area contributed by atoms with Crippen molar-refractivity contribution in [1.82, 2.24) is 9.88 Å². The molecule has 0 bridgehead atoms. The Labute approximate surface area is 143 Å². The van der Waals surface area contributed by atoms with Crippen molar-refractivity contribution < 1.29 is 14.3 Å². The van der Waals surface area contributed by atoms with Crippen molar-refractivity contribution in [3.63, 3.8) is 0 Å². The van der Waals surface area contributed by atoms with E-state index >= 15 is 0 Å². The van der Waals surface area contributed by atoms with Gasteiger partial charge in [0, 0.05) is 19.2 Å². The van der Waals surface area contributed by atoms with Crippen LogP contribution >= 0.6 is 0 Å². The summed E-state index contributed by atoms with van der Waals surface area (Å²) in [4.78, 5) is 18.4. The molecule has 1 amide bonds. The number of hydrogen-bond donors (Lipinski definition) is 1. The van der Waals surface area contributed by atoms with Crippen LogP contribution in [0.15, 0.2) is 18.2 Å². The first-order chi connectivity index (χ1) is 11.7. The van der Waals surface area contributed by atoms with Gasteiger partial charge in [-0.2, -0.15) is 0 Å². The van der Waals surface area contributed by atoms with Crippen LogP contribution in [0.25, 0.3) is 0 Å². The lowest BCUT2D eigenvalue weighted by molar-refractivity contribution is -0.123. The minimum atomic E-state index is -0.209. The van der Waals surface area contributed by atoms with Crippen LogP contribution in [0, 0.1) is 11.8 Å². The molecule has 0 unspecified atom stereocenters. The minimum absolute atomic E-state index is 0.0269. The molecule has 2 aliphatic heterocycles. The number of piperidine rings is 1. The maximum absolute atomic E-state index is 11.5. The fraction of sp³-hybridized carbons (Fsp3) is 0.667. The number of aromatic nitrogens is 1. The fourth-order valence-electron chi connectivity index (χ4n) is 3.80. The number of pyridine rings is 1. The number of nitrogens with zero attached hydrogens (tertiary/aromatic N) is 2. The van der Waals surface area contributed by atoms with Crippen molar-refractivity contribution >= 4 is 5.91 Å². The van der Waals surface area contributed by atoms with Gasteiger partial charge in [-0.05, 0) is 50.8 Å². The van der Waals surface area contributed by atoms with Gasteiger partial charge < -0.3 is 15.2 Å². The maximum Gasteiger partial charge on any atom is 0.223 e. The molecule has 0 spiro atoms. The molecule has 2 N–H and O–H groups in total. The number of likely N-dealkylation sites (tertiary alicyclic amines) is 1. The number of amides is 1. The first-order valence-electron chi connectivity index (χ1n) is 8.79. The predicted octanol–water partition coefficient (Wildman–Crippen LogP) is 1.58. The van der Waals surface area contributed by atoms with Gasteiger partial charge in [0.05, 0.1) is 24.8 Å². The molecule has 1 aromatic rings. The summed E-state index contributed by atoms with van der Waals surface area (Å²) in [5, 5.41) is 0. The largest absolute Gasteiger partial charge is 0.481 e. The van der Waals surface area contributed by atoms with Crippen molar-refractivity contribution in [2.45, 2.75) is 38.3 Å². The molecular formula is C18H27N3O3. The zero-order valence-corrected chi connectivity index (χ0v) is 14.3. The Kier molecular flexibility index (Phi) is 5.68. The lowest BCUT2D eigenvalue weighted by atomic mass is 9.86. The molecule has 6 nitrogen and oxygen atoms in total. The highest BCUT2D eigenvalue weighted by molar-refractivity contribution is 5.77. The third-order valence-corrected chi connectivity index (χ3v) is 5.22. The van der Waals surface area contributed by atoms with Gasteiger partial charge in [-0.3, -0.25) is 9.69 Å². The predicted molar refractivity (Wildman–Crippen MR) is 90.4 cm³/mol. The first kappa shape index (κ1) is 17.2. The van der Waals surface area contributed by atoms with Gasteiger partial charge in [-0.1, -0.05) is 6.07 Å². The van der Waals surface area contributed by atoms with Gasteiger partial charge in [0.15, 0.2) is 0 Å². The quantitative estimate of drug-likeness (QED) is 0.855. The van der Waals surface area contributed by atoms with E-state index in [4.69, 9.17) is 15.2 Å². The number of carbonyl (C=O) groups is 1. The Balaban J connectivity index is 1.46. The molecule has 2 aliphatic rings. The highest BCUT2D eigenvalue weighted by Crippen LogP contribution is 2.31. The summed E-state index contributed by atoms with van der Waals surface area (Å²) >= 11 is 0. The normalized spacial score (nSPS) is 25.7. The zero-order valence-electron chi connectivity index (χ0n) is 14.3. The van der Waals surface area contributed by atoms with Crippen molar-refractivity contribution in [1.29, 1.82) is 0 Å². The molecule has 6 heteroatoms. The van der Waals surface area contributed by atoms with E-state index in [1.807, 2.05) is 18.2 Å². The van der Waals surface area contributed by atoms with E-state index in [2.05, 4.69) is 9.88 Å². The highest BCUT2D eigenvalue weighted by atomic mass is 16.5. The average molecular weight is 333 g/mol. The van der Waals surface area contributed by atoms with Gasteiger partial charge >= 0.3 is 0 Å². The summed E-state index contributed by atoms with van der Waals surface area (Å²) in [5.41, 5.74) is 6.52. The van der Waals surface area contributed by atoms with Gasteiger partial charge in [0.25, 0.3) is 0 Å². The first-order valence-corrected chi connectivity index (χ1v) is 8.79. The molecule has 2 saturated heterocycles. The van der Waals surface area contributed by atoms with Crippen LogP contribution in [0.2, 0.25) is 0 Å². The van der Waals surface area contributed by atoms with Crippen LogP contribution in [0.1, 0.15) is 31.4 Å². The number of ether oxygens (including phenoxy) is 2. The molecule has 3 heterocycles. The van der Waals surface area contributed by atoms with Crippen LogP contribution in [0.4, 0.5) is 0 Å². The topological polar surface area (TPSA) is 77.7 Å². The van der Waals surface area contributed by atoms with E-state index in [1.54, 1.807) is 7.11 Å². The number of primary amides is 1. The van der Waals surface area contributed by atoms with Gasteiger partial charge in [0.1, 0.15) is 0 Å². The Morgan fingerprint density at radius 1 is 1.38 bits per heavy atom. The lowest BCUT2D eigenvalue weighted by Crippen LogP contribution is -2.37. The lowest BCUT2D eigenvalue weighted by Gasteiger charge is -2.33. The van der Waals surface area contributed by atoms with Crippen molar-refractivity contribution in [3.05, 3.63) is 23.9 Å². The van der Waals surface area contributed by atoms with Gasteiger partial charge in [-0.15, -0.1) is 0 Å². The summed E-state index contributed by atoms with van der Waals surface area (Å²) < 4.78 is 10.9. The van der Waals surface area contributed by atoms with E-state index in [0.29, 0.717) is 18.4 Å². The molecule has 0 aromatic carbocycles. The number of carbonyl (C=O) groups excluding carboxylic acids is 1. The molecule has 24 heavy (non-hydrogen) atoms. The van der Waals surface area contributed by atoms with E-state index in [-0.39, 0.29) is 17.9 Å². The molecule has 0 aliphatic carbocycles. The van der Waals surface area contributed by atoms with Crippen LogP contribution < -0.4 is 10.5 Å². The SMILES string of the molecule is COc1cccc(CN2CCC(C[C@H]3OCC[C@H]3C(N)=O)CC2)n1. The second kappa shape index (κ2) is 7.94. The summed E-state index contributed by atoms with van der Waals surface area (Å²) in [6.45, 7) is 3.63. The second-order valence-corrected chi connectivity index (χ2v) is 6.83. The monoisotopic (exact) mass is 333 g/mol. The molecular weight excluding hydrogens is 306 g/mol. The third-order valence-electron chi connectivity index (χ3n) is 5.22. The molecule has 0 saturated carbocycles. The Bertz CT molecular complexity index is 558. The van der Waals surface area contributed by atoms with Crippen molar-refractivity contribution in [3.8, 4) is 5.88 Å². The summed E-state index contributed by atoms with van der Waals surface area (Å²) in [7, 11) is 1.64. The Morgan fingerprint density at radius 3 is 2.88 bits per heavy atom. The van der Waals surface area contributed by atoms with Crippen LogP contribution in [-0.2, 0) is 16.1 Å². The fourth-order valence-corrected chi connectivity index (χ4v) is 3.80. The molecule has 3 rings (SSSR count). The van der Waals surface area contributed by atoms with E-state index in [9.17, 15) is 4.79 Å². The number of hydrogen-bond acceptors (Lipinski definition) is 5. The molecule has 2 fully saturated rings. The highest BCUT2D eigenvalue weighted by Gasteiger charge is 2.35. The smallest absolute Gasteiger partial charge is 0.223 e. The van der Waals surface area contributed by atoms with Crippen molar-refractivity contribution in [2.24, 2.45) is 17.6 Å². The number of nitrogens with two attached hydrogens (primary N) is 1. The summed E-state index contributed by atoms with van der Waals surface area (Å²) in [6.07, 6.45) is 4.03. The van der Waals surface area contributed by atoms with E-state index in [0.717, 1.165) is 51.0 Å². The third kappa shape index (κ3) is 4.24. The Morgan fingerprint density at radius 2 is 2.17 bits per heavy atom. The number of methoxy groups -OCH3 is 1. The van der Waals surface area contributed by atoms with Crippen LogP contribution in [-0.4, -0.2) is 48.7 Å². The second-order valence-electron chi connectivity index (χ2n) is 6.83.